The van der Waals surface area contributed by atoms with E-state index in [0.29, 0.717) is 22.1 Å². The van der Waals surface area contributed by atoms with E-state index in [1.807, 2.05) is 62.4 Å². The number of nitrogens with one attached hydrogen (secondary N) is 1. The highest BCUT2D eigenvalue weighted by molar-refractivity contribution is 7.22. The lowest BCUT2D eigenvalue weighted by molar-refractivity contribution is 0.102. The van der Waals surface area contributed by atoms with Crippen LogP contribution in [0, 0.1) is 13.8 Å². The molecule has 8 heteroatoms. The minimum atomic E-state index is -0.298. The van der Waals surface area contributed by atoms with E-state index >= 15 is 0 Å². The number of pyridine rings is 3. The number of anilines is 1. The molecule has 0 radical (unpaired) electrons. The summed E-state index contributed by atoms with van der Waals surface area (Å²) in [5.74, 6) is 0.386. The Morgan fingerprint density at radius 1 is 0.971 bits per heavy atom. The van der Waals surface area contributed by atoms with Crippen molar-refractivity contribution in [1.82, 2.24) is 19.9 Å². The Morgan fingerprint density at radius 2 is 1.82 bits per heavy atom. The molecule has 1 aromatic carbocycles. The van der Waals surface area contributed by atoms with Crippen LogP contribution in [-0.4, -0.2) is 33.0 Å². The normalized spacial score (nSPS) is 10.9. The van der Waals surface area contributed by atoms with Crippen molar-refractivity contribution in [3.63, 3.8) is 0 Å². The lowest BCUT2D eigenvalue weighted by atomic mass is 9.99. The molecule has 0 unspecified atom stereocenters. The van der Waals surface area contributed by atoms with Crippen LogP contribution in [-0.2, 0) is 0 Å². The van der Waals surface area contributed by atoms with Crippen LogP contribution in [0.25, 0.3) is 32.7 Å². The maximum absolute atomic E-state index is 13.3. The predicted octanol–water partition coefficient (Wildman–Crippen LogP) is 5.69. The van der Waals surface area contributed by atoms with Gasteiger partial charge in [-0.3, -0.25) is 20.1 Å². The molecule has 34 heavy (non-hydrogen) atoms. The molecule has 4 aromatic heterocycles. The molecule has 0 bridgehead atoms. The third-order valence-electron chi connectivity index (χ3n) is 5.43. The van der Waals surface area contributed by atoms with Crippen molar-refractivity contribution in [1.29, 1.82) is 0 Å². The van der Waals surface area contributed by atoms with E-state index in [2.05, 4.69) is 25.3 Å². The molecule has 0 atom stereocenters. The second-order valence-corrected chi connectivity index (χ2v) is 8.79. The highest BCUT2D eigenvalue weighted by Crippen LogP contribution is 2.34. The maximum Gasteiger partial charge on any atom is 0.259 e. The Balaban J connectivity index is 1.48. The Hall–Kier alpha value is -4.17. The van der Waals surface area contributed by atoms with Crippen LogP contribution in [0.4, 0.5) is 5.13 Å². The number of hydrogen-bond acceptors (Lipinski definition) is 7. The Kier molecular flexibility index (Phi) is 5.73. The van der Waals surface area contributed by atoms with Gasteiger partial charge in [-0.25, -0.2) is 4.98 Å². The van der Waals surface area contributed by atoms with E-state index in [1.54, 1.807) is 25.7 Å². The smallest absolute Gasteiger partial charge is 0.259 e. The molecule has 0 aliphatic heterocycles. The van der Waals surface area contributed by atoms with Crippen molar-refractivity contribution in [3.8, 4) is 28.1 Å². The van der Waals surface area contributed by atoms with Crippen LogP contribution >= 0.6 is 11.3 Å². The number of fused-ring (bicyclic) bond motifs is 1. The number of carbonyl (C=O) groups excluding carboxylic acids is 1. The first-order chi connectivity index (χ1) is 16.5. The van der Waals surface area contributed by atoms with Gasteiger partial charge in [0.15, 0.2) is 10.8 Å². The van der Waals surface area contributed by atoms with Gasteiger partial charge in [0.2, 0.25) is 0 Å². The number of rotatable bonds is 5. The number of amides is 1. The Labute approximate surface area is 200 Å². The first-order valence-electron chi connectivity index (χ1n) is 10.6. The zero-order valence-corrected chi connectivity index (χ0v) is 19.7. The molecule has 1 amide bonds. The summed E-state index contributed by atoms with van der Waals surface area (Å²) in [4.78, 5) is 31.1. The number of ether oxygens (including phenoxy) is 1. The SMILES string of the molecule is COc1ccccc1-c1cc(C)ncc1C(=O)Nc1nc2ncc(-c3ncccc3C)cc2s1. The largest absolute Gasteiger partial charge is 0.496 e. The molecule has 7 nitrogen and oxygen atoms in total. The summed E-state index contributed by atoms with van der Waals surface area (Å²) < 4.78 is 6.38. The summed E-state index contributed by atoms with van der Waals surface area (Å²) in [5, 5.41) is 3.38. The second kappa shape index (κ2) is 8.99. The quantitative estimate of drug-likeness (QED) is 0.357. The number of aromatic nitrogens is 4. The van der Waals surface area contributed by atoms with Crippen molar-refractivity contribution >= 4 is 32.7 Å². The molecule has 0 spiro atoms. The summed E-state index contributed by atoms with van der Waals surface area (Å²) >= 11 is 1.37. The fourth-order valence-corrected chi connectivity index (χ4v) is 4.65. The van der Waals surface area contributed by atoms with Gasteiger partial charge >= 0.3 is 0 Å². The fourth-order valence-electron chi connectivity index (χ4n) is 3.79. The second-order valence-electron chi connectivity index (χ2n) is 7.76. The molecule has 0 saturated carbocycles. The molecule has 1 N–H and O–H groups in total. The highest BCUT2D eigenvalue weighted by atomic mass is 32.1. The van der Waals surface area contributed by atoms with Crippen LogP contribution in [0.15, 0.2) is 67.1 Å². The van der Waals surface area contributed by atoms with Gasteiger partial charge in [0, 0.05) is 41.0 Å². The van der Waals surface area contributed by atoms with Crippen molar-refractivity contribution in [2.75, 3.05) is 12.4 Å². The predicted molar refractivity (Wildman–Crippen MR) is 134 cm³/mol. The van der Waals surface area contributed by atoms with Gasteiger partial charge in [-0.15, -0.1) is 0 Å². The number of thiazole rings is 1. The molecular weight excluding hydrogens is 446 g/mol. The number of para-hydroxylation sites is 1. The number of benzene rings is 1. The molecule has 4 heterocycles. The molecule has 0 aliphatic carbocycles. The van der Waals surface area contributed by atoms with E-state index in [9.17, 15) is 4.79 Å². The fraction of sp³-hybridized carbons (Fsp3) is 0.115. The van der Waals surface area contributed by atoms with Crippen LogP contribution in [0.5, 0.6) is 5.75 Å². The van der Waals surface area contributed by atoms with E-state index in [1.165, 1.54) is 11.3 Å². The van der Waals surface area contributed by atoms with Gasteiger partial charge in [-0.1, -0.05) is 35.6 Å². The lowest BCUT2D eigenvalue weighted by Gasteiger charge is -2.13. The summed E-state index contributed by atoms with van der Waals surface area (Å²) in [5.41, 5.74) is 6.24. The van der Waals surface area contributed by atoms with Crippen molar-refractivity contribution in [2.45, 2.75) is 13.8 Å². The standard InChI is InChI=1S/C26H21N5O2S/c1-15-7-6-10-27-23(15)17-12-22-24(29-13-17)30-26(34-22)31-25(32)20-14-28-16(2)11-19(20)18-8-4-5-9-21(18)33-3/h4-14H,1-3H3,(H,29,30,31,32). The van der Waals surface area contributed by atoms with Crippen LogP contribution < -0.4 is 10.1 Å². The topological polar surface area (TPSA) is 89.9 Å². The average Bonchev–Trinajstić information content (AvgIpc) is 3.25. The average molecular weight is 468 g/mol. The van der Waals surface area contributed by atoms with Crippen molar-refractivity contribution < 1.29 is 9.53 Å². The van der Waals surface area contributed by atoms with Crippen molar-refractivity contribution in [3.05, 3.63) is 83.9 Å². The van der Waals surface area contributed by atoms with E-state index in [4.69, 9.17) is 4.74 Å². The Morgan fingerprint density at radius 3 is 2.65 bits per heavy atom. The monoisotopic (exact) mass is 467 g/mol. The van der Waals surface area contributed by atoms with Gasteiger partial charge in [0.25, 0.3) is 5.91 Å². The van der Waals surface area contributed by atoms with Crippen LogP contribution in [0.1, 0.15) is 21.6 Å². The molecule has 0 fully saturated rings. The number of hydrogen-bond donors (Lipinski definition) is 1. The summed E-state index contributed by atoms with van der Waals surface area (Å²) in [6.07, 6.45) is 5.10. The maximum atomic E-state index is 13.3. The molecular formula is C26H21N5O2S. The van der Waals surface area contributed by atoms with Gasteiger partial charge in [0.1, 0.15) is 5.75 Å². The summed E-state index contributed by atoms with van der Waals surface area (Å²) in [6.45, 7) is 3.90. The van der Waals surface area contributed by atoms with Gasteiger partial charge < -0.3 is 4.74 Å². The summed E-state index contributed by atoms with van der Waals surface area (Å²) in [6, 6.07) is 15.4. The molecule has 5 aromatic rings. The van der Waals surface area contributed by atoms with Gasteiger partial charge in [0.05, 0.1) is 23.1 Å². The van der Waals surface area contributed by atoms with E-state index < -0.39 is 0 Å². The van der Waals surface area contributed by atoms with Gasteiger partial charge in [-0.2, -0.15) is 4.98 Å². The van der Waals surface area contributed by atoms with Crippen molar-refractivity contribution in [2.24, 2.45) is 0 Å². The molecule has 168 valence electrons. The number of nitrogens with zero attached hydrogens (tertiary/aromatic N) is 4. The van der Waals surface area contributed by atoms with Crippen LogP contribution in [0.3, 0.4) is 0 Å². The van der Waals surface area contributed by atoms with Gasteiger partial charge in [-0.05, 0) is 43.7 Å². The minimum absolute atomic E-state index is 0.298. The number of methoxy groups -OCH3 is 1. The number of aryl methyl sites for hydroxylation is 2. The molecule has 5 rings (SSSR count). The molecule has 0 aliphatic rings. The third kappa shape index (κ3) is 4.11. The van der Waals surface area contributed by atoms with E-state index in [-0.39, 0.29) is 5.91 Å². The van der Waals surface area contributed by atoms with E-state index in [0.717, 1.165) is 38.3 Å². The zero-order chi connectivity index (χ0) is 23.7. The summed E-state index contributed by atoms with van der Waals surface area (Å²) in [7, 11) is 1.61. The Bertz CT molecular complexity index is 1530. The third-order valence-corrected chi connectivity index (χ3v) is 6.34. The first-order valence-corrected chi connectivity index (χ1v) is 11.4. The lowest BCUT2D eigenvalue weighted by Crippen LogP contribution is -2.14. The zero-order valence-electron chi connectivity index (χ0n) is 18.9. The first kappa shape index (κ1) is 21.7. The minimum Gasteiger partial charge on any atom is -0.496 e. The number of carbonyl (C=O) groups is 1. The molecule has 0 saturated heterocycles. The van der Waals surface area contributed by atoms with Crippen LogP contribution in [0.2, 0.25) is 0 Å². The highest BCUT2D eigenvalue weighted by Gasteiger charge is 2.19.